The van der Waals surface area contributed by atoms with Gasteiger partial charge in [-0.1, -0.05) is 30.3 Å². The summed E-state index contributed by atoms with van der Waals surface area (Å²) in [5, 5.41) is 15.5. The van der Waals surface area contributed by atoms with Crippen molar-refractivity contribution in [2.24, 2.45) is 0 Å². The summed E-state index contributed by atoms with van der Waals surface area (Å²) in [5.41, 5.74) is 1.05. The SMILES string of the molecule is CN(C)c1noc([C@H]2CCCN2c2ccc([N+](=O)[O-])c(-c3ccccc3)n2)n1. The molecule has 0 radical (unpaired) electrons. The van der Waals surface area contributed by atoms with Crippen LogP contribution >= 0.6 is 0 Å². The molecule has 1 aliphatic heterocycles. The molecule has 3 aromatic rings. The summed E-state index contributed by atoms with van der Waals surface area (Å²) in [4.78, 5) is 24.1. The van der Waals surface area contributed by atoms with Crippen molar-refractivity contribution in [3.8, 4) is 11.3 Å². The number of nitrogens with zero attached hydrogens (tertiary/aromatic N) is 6. The van der Waals surface area contributed by atoms with Gasteiger partial charge in [-0.05, 0) is 24.1 Å². The first-order chi connectivity index (χ1) is 13.5. The van der Waals surface area contributed by atoms with E-state index in [9.17, 15) is 10.1 Å². The lowest BCUT2D eigenvalue weighted by Gasteiger charge is -2.23. The van der Waals surface area contributed by atoms with Gasteiger partial charge in [0.2, 0.25) is 0 Å². The molecule has 28 heavy (non-hydrogen) atoms. The number of nitro groups is 1. The Morgan fingerprint density at radius 2 is 1.96 bits per heavy atom. The van der Waals surface area contributed by atoms with E-state index in [1.54, 1.807) is 11.0 Å². The average Bonchev–Trinajstić information content (AvgIpc) is 3.37. The lowest BCUT2D eigenvalue weighted by atomic mass is 10.1. The van der Waals surface area contributed by atoms with Crippen LogP contribution in [0.1, 0.15) is 24.8 Å². The van der Waals surface area contributed by atoms with Crippen LogP contribution in [0.5, 0.6) is 0 Å². The second kappa shape index (κ2) is 7.26. The summed E-state index contributed by atoms with van der Waals surface area (Å²) in [5.74, 6) is 1.71. The molecule has 0 bridgehead atoms. The third-order valence-corrected chi connectivity index (χ3v) is 4.77. The molecule has 1 atom stereocenters. The Morgan fingerprint density at radius 3 is 2.64 bits per heavy atom. The van der Waals surface area contributed by atoms with Crippen molar-refractivity contribution in [2.75, 3.05) is 30.4 Å². The van der Waals surface area contributed by atoms with Crippen LogP contribution in [0.15, 0.2) is 47.0 Å². The summed E-state index contributed by atoms with van der Waals surface area (Å²) in [6, 6.07) is 12.3. The Labute approximate surface area is 161 Å². The highest BCUT2D eigenvalue weighted by Gasteiger charge is 2.33. The van der Waals surface area contributed by atoms with Gasteiger partial charge in [-0.25, -0.2) is 4.98 Å². The monoisotopic (exact) mass is 380 g/mol. The minimum atomic E-state index is -0.401. The number of hydrogen-bond acceptors (Lipinski definition) is 8. The summed E-state index contributed by atoms with van der Waals surface area (Å²) in [6.07, 6.45) is 1.80. The van der Waals surface area contributed by atoms with Gasteiger partial charge in [0.05, 0.1) is 4.92 Å². The highest BCUT2D eigenvalue weighted by atomic mass is 16.6. The van der Waals surface area contributed by atoms with E-state index >= 15 is 0 Å². The lowest BCUT2D eigenvalue weighted by Crippen LogP contribution is -2.24. The van der Waals surface area contributed by atoms with Crippen molar-refractivity contribution in [3.05, 3.63) is 58.5 Å². The molecule has 1 saturated heterocycles. The Kier molecular flexibility index (Phi) is 4.64. The quantitative estimate of drug-likeness (QED) is 0.490. The van der Waals surface area contributed by atoms with E-state index in [1.165, 1.54) is 6.07 Å². The number of hydrogen-bond donors (Lipinski definition) is 0. The van der Waals surface area contributed by atoms with Gasteiger partial charge in [-0.3, -0.25) is 10.1 Å². The van der Waals surface area contributed by atoms with Crippen LogP contribution in [0, 0.1) is 10.1 Å². The van der Waals surface area contributed by atoms with Gasteiger partial charge in [0.15, 0.2) is 5.69 Å². The zero-order valence-corrected chi connectivity index (χ0v) is 15.6. The predicted molar refractivity (Wildman–Crippen MR) is 104 cm³/mol. The van der Waals surface area contributed by atoms with Crippen LogP contribution in [-0.2, 0) is 0 Å². The van der Waals surface area contributed by atoms with E-state index in [0.29, 0.717) is 28.9 Å². The molecule has 0 saturated carbocycles. The molecule has 1 aromatic carbocycles. The molecule has 0 aliphatic carbocycles. The summed E-state index contributed by atoms with van der Waals surface area (Å²) in [6.45, 7) is 0.767. The summed E-state index contributed by atoms with van der Waals surface area (Å²) in [7, 11) is 3.70. The highest BCUT2D eigenvalue weighted by molar-refractivity contribution is 5.71. The predicted octanol–water partition coefficient (Wildman–Crippen LogP) is 3.45. The van der Waals surface area contributed by atoms with E-state index in [-0.39, 0.29) is 11.7 Å². The summed E-state index contributed by atoms with van der Waals surface area (Å²) >= 11 is 0. The topological polar surface area (TPSA) is 101 Å². The van der Waals surface area contributed by atoms with Crippen molar-refractivity contribution in [2.45, 2.75) is 18.9 Å². The van der Waals surface area contributed by atoms with Crippen LogP contribution in [0.2, 0.25) is 0 Å². The highest BCUT2D eigenvalue weighted by Crippen LogP contribution is 2.37. The summed E-state index contributed by atoms with van der Waals surface area (Å²) < 4.78 is 5.46. The van der Waals surface area contributed by atoms with E-state index in [0.717, 1.165) is 19.4 Å². The molecule has 4 rings (SSSR count). The Bertz CT molecular complexity index is 988. The van der Waals surface area contributed by atoms with E-state index in [1.807, 2.05) is 44.4 Å². The minimum absolute atomic E-state index is 0.0154. The molecule has 144 valence electrons. The van der Waals surface area contributed by atoms with Crippen molar-refractivity contribution in [1.82, 2.24) is 15.1 Å². The molecular weight excluding hydrogens is 360 g/mol. The maximum atomic E-state index is 11.5. The molecule has 0 spiro atoms. The molecular formula is C19H20N6O3. The second-order valence-electron chi connectivity index (χ2n) is 6.84. The van der Waals surface area contributed by atoms with Crippen LogP contribution in [0.4, 0.5) is 17.5 Å². The molecule has 1 fully saturated rings. The third-order valence-electron chi connectivity index (χ3n) is 4.77. The lowest BCUT2D eigenvalue weighted by molar-refractivity contribution is -0.384. The number of pyridine rings is 1. The smallest absolute Gasteiger partial charge is 0.295 e. The molecule has 1 aliphatic rings. The average molecular weight is 380 g/mol. The van der Waals surface area contributed by atoms with Crippen LogP contribution in [0.25, 0.3) is 11.3 Å². The number of anilines is 2. The third kappa shape index (κ3) is 3.26. The fourth-order valence-corrected chi connectivity index (χ4v) is 3.40. The maximum absolute atomic E-state index is 11.5. The molecule has 3 heterocycles. The van der Waals surface area contributed by atoms with Gasteiger partial charge in [-0.2, -0.15) is 4.98 Å². The number of aromatic nitrogens is 3. The normalized spacial score (nSPS) is 16.4. The standard InChI is InChI=1S/C19H20N6O3/c1-23(2)19-21-18(28-22-19)15-9-6-12-24(15)16-11-10-14(25(26)27)17(20-16)13-7-4-3-5-8-13/h3-5,7-8,10-11,15H,6,9,12H2,1-2H3/t15-/m1/s1. The molecule has 2 aromatic heterocycles. The van der Waals surface area contributed by atoms with Crippen LogP contribution in [0.3, 0.4) is 0 Å². The first kappa shape index (κ1) is 17.9. The fourth-order valence-electron chi connectivity index (χ4n) is 3.40. The van der Waals surface area contributed by atoms with Gasteiger partial charge in [-0.15, -0.1) is 0 Å². The Hall–Kier alpha value is -3.49. The number of rotatable bonds is 5. The molecule has 0 N–H and O–H groups in total. The van der Waals surface area contributed by atoms with Crippen molar-refractivity contribution < 1.29 is 9.45 Å². The van der Waals surface area contributed by atoms with E-state index in [2.05, 4.69) is 20.0 Å². The molecule has 0 amide bonds. The molecule has 9 nitrogen and oxygen atoms in total. The zero-order valence-electron chi connectivity index (χ0n) is 15.6. The van der Waals surface area contributed by atoms with E-state index in [4.69, 9.17) is 4.52 Å². The first-order valence-corrected chi connectivity index (χ1v) is 9.03. The second-order valence-corrected chi connectivity index (χ2v) is 6.84. The Morgan fingerprint density at radius 1 is 1.18 bits per heavy atom. The first-order valence-electron chi connectivity index (χ1n) is 9.03. The van der Waals surface area contributed by atoms with Crippen LogP contribution in [-0.4, -0.2) is 40.7 Å². The van der Waals surface area contributed by atoms with Gasteiger partial charge in [0.25, 0.3) is 17.5 Å². The Balaban J connectivity index is 1.72. The van der Waals surface area contributed by atoms with Crippen LogP contribution < -0.4 is 9.80 Å². The molecule has 9 heteroatoms. The minimum Gasteiger partial charge on any atom is -0.345 e. The van der Waals surface area contributed by atoms with Crippen molar-refractivity contribution in [3.63, 3.8) is 0 Å². The van der Waals surface area contributed by atoms with Crippen molar-refractivity contribution in [1.29, 1.82) is 0 Å². The largest absolute Gasteiger partial charge is 0.345 e. The fraction of sp³-hybridized carbons (Fsp3) is 0.316. The van der Waals surface area contributed by atoms with Gasteiger partial charge in [0, 0.05) is 32.3 Å². The number of benzene rings is 1. The van der Waals surface area contributed by atoms with E-state index < -0.39 is 4.92 Å². The molecule has 0 unspecified atom stereocenters. The van der Waals surface area contributed by atoms with Crippen molar-refractivity contribution >= 4 is 17.5 Å². The van der Waals surface area contributed by atoms with Gasteiger partial charge in [0.1, 0.15) is 11.9 Å². The van der Waals surface area contributed by atoms with Gasteiger partial charge >= 0.3 is 0 Å². The maximum Gasteiger partial charge on any atom is 0.295 e. The van der Waals surface area contributed by atoms with Gasteiger partial charge < -0.3 is 14.3 Å². The zero-order chi connectivity index (χ0) is 19.7.